The summed E-state index contributed by atoms with van der Waals surface area (Å²) < 4.78 is 2.23. The summed E-state index contributed by atoms with van der Waals surface area (Å²) in [5.41, 5.74) is 0. The molecular formula is C14H26N4. The number of anilines is 1. The van der Waals surface area contributed by atoms with Crippen molar-refractivity contribution in [2.75, 3.05) is 25.0 Å². The molecule has 0 aliphatic carbocycles. The molecule has 1 aliphatic heterocycles. The third-order valence-corrected chi connectivity index (χ3v) is 3.57. The molecule has 1 aromatic rings. The highest BCUT2D eigenvalue weighted by Gasteiger charge is 2.15. The number of rotatable bonds is 7. The van der Waals surface area contributed by atoms with Crippen LogP contribution in [0.15, 0.2) is 12.4 Å². The van der Waals surface area contributed by atoms with Gasteiger partial charge < -0.3 is 14.8 Å². The van der Waals surface area contributed by atoms with Crippen LogP contribution in [0.3, 0.4) is 0 Å². The summed E-state index contributed by atoms with van der Waals surface area (Å²) in [6.07, 6.45) is 9.11. The van der Waals surface area contributed by atoms with Crippen molar-refractivity contribution in [3.63, 3.8) is 0 Å². The average molecular weight is 250 g/mol. The standard InChI is InChI=1S/C14H26N4/c1-3-4-10-18-11-7-15-14(18)16-13(2)12-17-8-5-6-9-17/h7,11,13H,3-6,8-10,12H2,1-2H3,(H,15,16). The lowest BCUT2D eigenvalue weighted by atomic mass is 10.3. The lowest BCUT2D eigenvalue weighted by Gasteiger charge is -2.22. The van der Waals surface area contributed by atoms with E-state index in [1.807, 2.05) is 6.20 Å². The minimum absolute atomic E-state index is 0.464. The van der Waals surface area contributed by atoms with Crippen LogP contribution in [0.2, 0.25) is 0 Å². The first-order valence-corrected chi connectivity index (χ1v) is 7.29. The number of unbranched alkanes of at least 4 members (excludes halogenated alkanes) is 1. The molecule has 0 aromatic carbocycles. The Morgan fingerprint density at radius 1 is 1.39 bits per heavy atom. The van der Waals surface area contributed by atoms with Crippen LogP contribution in [0, 0.1) is 0 Å². The fourth-order valence-corrected chi connectivity index (χ4v) is 2.58. The van der Waals surface area contributed by atoms with Crippen molar-refractivity contribution in [1.29, 1.82) is 0 Å². The van der Waals surface area contributed by atoms with E-state index < -0.39 is 0 Å². The zero-order valence-electron chi connectivity index (χ0n) is 11.7. The highest BCUT2D eigenvalue weighted by atomic mass is 15.2. The van der Waals surface area contributed by atoms with Gasteiger partial charge in [0, 0.05) is 31.5 Å². The minimum atomic E-state index is 0.464. The van der Waals surface area contributed by atoms with Crippen molar-refractivity contribution < 1.29 is 0 Å². The summed E-state index contributed by atoms with van der Waals surface area (Å²) in [6.45, 7) is 9.18. The largest absolute Gasteiger partial charge is 0.352 e. The van der Waals surface area contributed by atoms with Gasteiger partial charge in [-0.15, -0.1) is 0 Å². The van der Waals surface area contributed by atoms with Crippen molar-refractivity contribution in [3.8, 4) is 0 Å². The summed E-state index contributed by atoms with van der Waals surface area (Å²) >= 11 is 0. The predicted octanol–water partition coefficient (Wildman–Crippen LogP) is 2.58. The summed E-state index contributed by atoms with van der Waals surface area (Å²) in [5, 5.41) is 3.54. The van der Waals surface area contributed by atoms with Crippen LogP contribution >= 0.6 is 0 Å². The maximum Gasteiger partial charge on any atom is 0.203 e. The van der Waals surface area contributed by atoms with Gasteiger partial charge in [0.15, 0.2) is 0 Å². The SMILES string of the molecule is CCCCn1ccnc1NC(C)CN1CCCC1. The van der Waals surface area contributed by atoms with E-state index in [0.29, 0.717) is 6.04 Å². The van der Waals surface area contributed by atoms with Gasteiger partial charge in [-0.25, -0.2) is 4.98 Å². The topological polar surface area (TPSA) is 33.1 Å². The fraction of sp³-hybridized carbons (Fsp3) is 0.786. The third-order valence-electron chi connectivity index (χ3n) is 3.57. The molecule has 0 radical (unpaired) electrons. The zero-order chi connectivity index (χ0) is 12.8. The minimum Gasteiger partial charge on any atom is -0.352 e. The Kier molecular flexibility index (Phi) is 5.05. The van der Waals surface area contributed by atoms with E-state index in [2.05, 4.69) is 39.8 Å². The summed E-state index contributed by atoms with van der Waals surface area (Å²) in [7, 11) is 0. The van der Waals surface area contributed by atoms with Gasteiger partial charge in [-0.1, -0.05) is 13.3 Å². The number of likely N-dealkylation sites (tertiary alicyclic amines) is 1. The Balaban J connectivity index is 1.81. The predicted molar refractivity (Wildman–Crippen MR) is 75.9 cm³/mol. The second-order valence-corrected chi connectivity index (χ2v) is 5.35. The van der Waals surface area contributed by atoms with Crippen molar-refractivity contribution in [1.82, 2.24) is 14.5 Å². The molecule has 0 spiro atoms. The van der Waals surface area contributed by atoms with Gasteiger partial charge in [-0.3, -0.25) is 0 Å². The summed E-state index contributed by atoms with van der Waals surface area (Å²) in [6, 6.07) is 0.464. The van der Waals surface area contributed by atoms with E-state index in [1.165, 1.54) is 38.8 Å². The normalized spacial score (nSPS) is 18.1. The first kappa shape index (κ1) is 13.4. The van der Waals surface area contributed by atoms with Crippen LogP contribution in [0.4, 0.5) is 5.95 Å². The Bertz CT molecular complexity index is 341. The van der Waals surface area contributed by atoms with E-state index in [0.717, 1.165) is 19.0 Å². The van der Waals surface area contributed by atoms with Crippen molar-refractivity contribution in [2.24, 2.45) is 0 Å². The average Bonchev–Trinajstić information content (AvgIpc) is 2.98. The number of aromatic nitrogens is 2. The number of aryl methyl sites for hydroxylation is 1. The van der Waals surface area contributed by atoms with Gasteiger partial charge in [0.1, 0.15) is 0 Å². The molecule has 0 bridgehead atoms. The molecule has 4 heteroatoms. The van der Waals surface area contributed by atoms with E-state index >= 15 is 0 Å². The van der Waals surface area contributed by atoms with Gasteiger partial charge in [0.2, 0.25) is 5.95 Å². The number of hydrogen-bond acceptors (Lipinski definition) is 3. The van der Waals surface area contributed by atoms with Gasteiger partial charge >= 0.3 is 0 Å². The first-order chi connectivity index (χ1) is 8.79. The number of nitrogens with zero attached hydrogens (tertiary/aromatic N) is 3. The van der Waals surface area contributed by atoms with Crippen molar-refractivity contribution in [2.45, 2.75) is 52.1 Å². The molecule has 4 nitrogen and oxygen atoms in total. The first-order valence-electron chi connectivity index (χ1n) is 7.29. The molecule has 1 fully saturated rings. The van der Waals surface area contributed by atoms with E-state index in [-0.39, 0.29) is 0 Å². The Morgan fingerprint density at radius 2 is 2.17 bits per heavy atom. The summed E-state index contributed by atoms with van der Waals surface area (Å²) in [4.78, 5) is 6.96. The molecular weight excluding hydrogens is 224 g/mol. The second kappa shape index (κ2) is 6.78. The van der Waals surface area contributed by atoms with Crippen LogP contribution in [0.1, 0.15) is 39.5 Å². The molecule has 1 N–H and O–H groups in total. The van der Waals surface area contributed by atoms with Crippen molar-refractivity contribution in [3.05, 3.63) is 12.4 Å². The molecule has 18 heavy (non-hydrogen) atoms. The monoisotopic (exact) mass is 250 g/mol. The Morgan fingerprint density at radius 3 is 2.89 bits per heavy atom. The Hall–Kier alpha value is -1.03. The molecule has 0 saturated carbocycles. The zero-order valence-corrected chi connectivity index (χ0v) is 11.7. The van der Waals surface area contributed by atoms with Crippen LogP contribution in [0.25, 0.3) is 0 Å². The molecule has 1 aliphatic rings. The second-order valence-electron chi connectivity index (χ2n) is 5.35. The smallest absolute Gasteiger partial charge is 0.203 e. The van der Waals surface area contributed by atoms with Crippen LogP contribution in [-0.4, -0.2) is 40.1 Å². The molecule has 1 atom stereocenters. The van der Waals surface area contributed by atoms with Crippen LogP contribution in [0.5, 0.6) is 0 Å². The molecule has 2 heterocycles. The highest BCUT2D eigenvalue weighted by molar-refractivity contribution is 5.27. The quantitative estimate of drug-likeness (QED) is 0.807. The van der Waals surface area contributed by atoms with Gasteiger partial charge in [0.05, 0.1) is 0 Å². The molecule has 1 saturated heterocycles. The number of hydrogen-bond donors (Lipinski definition) is 1. The fourth-order valence-electron chi connectivity index (χ4n) is 2.58. The molecule has 1 aromatic heterocycles. The maximum atomic E-state index is 4.42. The lowest BCUT2D eigenvalue weighted by molar-refractivity contribution is 0.327. The van der Waals surface area contributed by atoms with Crippen LogP contribution in [-0.2, 0) is 6.54 Å². The van der Waals surface area contributed by atoms with Gasteiger partial charge in [-0.05, 0) is 39.3 Å². The van der Waals surface area contributed by atoms with Gasteiger partial charge in [0.25, 0.3) is 0 Å². The molecule has 0 amide bonds. The summed E-state index contributed by atoms with van der Waals surface area (Å²) in [5.74, 6) is 1.02. The molecule has 102 valence electrons. The maximum absolute atomic E-state index is 4.42. The number of nitrogens with one attached hydrogen (secondary N) is 1. The Labute approximate surface area is 110 Å². The number of imidazole rings is 1. The molecule has 1 unspecified atom stereocenters. The van der Waals surface area contributed by atoms with Gasteiger partial charge in [-0.2, -0.15) is 0 Å². The molecule has 2 rings (SSSR count). The van der Waals surface area contributed by atoms with E-state index in [4.69, 9.17) is 0 Å². The lowest BCUT2D eigenvalue weighted by Crippen LogP contribution is -2.33. The highest BCUT2D eigenvalue weighted by Crippen LogP contribution is 2.11. The van der Waals surface area contributed by atoms with Crippen LogP contribution < -0.4 is 5.32 Å². The van der Waals surface area contributed by atoms with Crippen molar-refractivity contribution >= 4 is 5.95 Å². The van der Waals surface area contributed by atoms with E-state index in [9.17, 15) is 0 Å². The third kappa shape index (κ3) is 3.73. The van der Waals surface area contributed by atoms with E-state index in [1.54, 1.807) is 0 Å².